The van der Waals surface area contributed by atoms with Gasteiger partial charge < -0.3 is 9.32 Å². The van der Waals surface area contributed by atoms with E-state index in [0.717, 1.165) is 31.0 Å². The molecule has 0 aliphatic carbocycles. The van der Waals surface area contributed by atoms with Gasteiger partial charge in [-0.1, -0.05) is 25.1 Å². The van der Waals surface area contributed by atoms with E-state index in [9.17, 15) is 4.79 Å². The van der Waals surface area contributed by atoms with E-state index in [2.05, 4.69) is 21.9 Å². The molecule has 116 valence electrons. The second-order valence-electron chi connectivity index (χ2n) is 6.46. The van der Waals surface area contributed by atoms with E-state index >= 15 is 0 Å². The molecule has 2 bridgehead atoms. The van der Waals surface area contributed by atoms with E-state index in [0.29, 0.717) is 24.4 Å². The van der Waals surface area contributed by atoms with Gasteiger partial charge in [0.05, 0.1) is 6.54 Å². The highest BCUT2D eigenvalue weighted by Gasteiger charge is 2.41. The summed E-state index contributed by atoms with van der Waals surface area (Å²) < 4.78 is 5.97. The Balaban J connectivity index is 1.51. The van der Waals surface area contributed by atoms with E-state index in [1.807, 2.05) is 25.1 Å². The maximum absolute atomic E-state index is 12.0. The summed E-state index contributed by atoms with van der Waals surface area (Å²) in [6.45, 7) is 4.57. The average Bonchev–Trinajstić information content (AvgIpc) is 3.03. The average molecular weight is 298 g/mol. The Morgan fingerprint density at radius 3 is 2.64 bits per heavy atom. The first-order chi connectivity index (χ1) is 10.7. The number of rotatable bonds is 3. The molecule has 4 heteroatoms. The Kier molecular flexibility index (Phi) is 3.41. The van der Waals surface area contributed by atoms with Gasteiger partial charge in [-0.15, -0.1) is 0 Å². The third-order valence-electron chi connectivity index (χ3n) is 5.10. The highest BCUT2D eigenvalue weighted by atomic mass is 16.3. The van der Waals surface area contributed by atoms with Crippen LogP contribution in [0.4, 0.5) is 0 Å². The highest BCUT2D eigenvalue weighted by molar-refractivity contribution is 5.77. The van der Waals surface area contributed by atoms with Crippen LogP contribution in [-0.2, 0) is 11.3 Å². The van der Waals surface area contributed by atoms with Gasteiger partial charge in [0.1, 0.15) is 11.3 Å². The molecule has 2 fully saturated rings. The summed E-state index contributed by atoms with van der Waals surface area (Å²) >= 11 is 0. The molecule has 2 aliphatic rings. The minimum absolute atomic E-state index is 0.292. The lowest BCUT2D eigenvalue weighted by molar-refractivity contribution is -0.134. The van der Waals surface area contributed by atoms with Gasteiger partial charge in [0.2, 0.25) is 5.91 Å². The summed E-state index contributed by atoms with van der Waals surface area (Å²) in [7, 11) is 0. The molecule has 0 radical (unpaired) electrons. The number of hydrogen-bond donors (Lipinski definition) is 0. The second kappa shape index (κ2) is 5.43. The van der Waals surface area contributed by atoms with Gasteiger partial charge in [-0.05, 0) is 25.0 Å². The molecule has 2 saturated heterocycles. The Morgan fingerprint density at radius 2 is 1.95 bits per heavy atom. The van der Waals surface area contributed by atoms with Crippen LogP contribution in [-0.4, -0.2) is 40.9 Å². The third-order valence-corrected chi connectivity index (χ3v) is 5.10. The number of carbonyl (C=O) groups excluding carboxylic acids is 1. The predicted molar refractivity (Wildman–Crippen MR) is 85.4 cm³/mol. The number of likely N-dealkylation sites (tertiary alicyclic amines) is 1. The van der Waals surface area contributed by atoms with Crippen LogP contribution in [0.15, 0.2) is 34.7 Å². The Morgan fingerprint density at radius 1 is 1.23 bits per heavy atom. The molecule has 4 nitrogen and oxygen atoms in total. The van der Waals surface area contributed by atoms with Crippen molar-refractivity contribution in [2.45, 2.75) is 44.8 Å². The fourth-order valence-electron chi connectivity index (χ4n) is 3.97. The Labute approximate surface area is 130 Å². The number of carbonyl (C=O) groups is 1. The largest absolute Gasteiger partial charge is 0.460 e. The first-order valence-corrected chi connectivity index (χ1v) is 8.25. The predicted octanol–water partition coefficient (Wildman–Crippen LogP) is 3.02. The number of nitrogens with zero attached hydrogens (tertiary/aromatic N) is 2. The first kappa shape index (κ1) is 13.8. The number of fused-ring (bicyclic) bond motifs is 3. The molecule has 4 rings (SSSR count). The molecule has 1 aromatic carbocycles. The normalized spacial score (nSPS) is 25.0. The van der Waals surface area contributed by atoms with Crippen LogP contribution in [0.2, 0.25) is 0 Å². The Bertz CT molecular complexity index is 646. The molecule has 2 aliphatic heterocycles. The van der Waals surface area contributed by atoms with Crippen molar-refractivity contribution in [2.75, 3.05) is 13.1 Å². The Hall–Kier alpha value is -1.81. The molecular formula is C18H22N2O2. The van der Waals surface area contributed by atoms with Crippen molar-refractivity contribution in [1.29, 1.82) is 0 Å². The molecule has 0 saturated carbocycles. The number of para-hydroxylation sites is 1. The zero-order valence-corrected chi connectivity index (χ0v) is 13.0. The van der Waals surface area contributed by atoms with Crippen LogP contribution in [0.5, 0.6) is 0 Å². The molecule has 0 N–H and O–H groups in total. The van der Waals surface area contributed by atoms with Crippen LogP contribution < -0.4 is 0 Å². The SMILES string of the molecule is CCC(=O)N1CC2CCC(C1)N2Cc1cc2ccccc2o1. The number of benzene rings is 1. The summed E-state index contributed by atoms with van der Waals surface area (Å²) in [4.78, 5) is 16.5. The van der Waals surface area contributed by atoms with Crippen molar-refractivity contribution in [1.82, 2.24) is 9.80 Å². The lowest BCUT2D eigenvalue weighted by atomic mass is 10.1. The highest BCUT2D eigenvalue weighted by Crippen LogP contribution is 2.32. The van der Waals surface area contributed by atoms with Gasteiger partial charge >= 0.3 is 0 Å². The van der Waals surface area contributed by atoms with Crippen LogP contribution in [0.3, 0.4) is 0 Å². The molecule has 22 heavy (non-hydrogen) atoms. The lowest BCUT2D eigenvalue weighted by Crippen LogP contribution is -2.54. The van der Waals surface area contributed by atoms with E-state index in [1.54, 1.807) is 0 Å². The van der Waals surface area contributed by atoms with E-state index in [-0.39, 0.29) is 0 Å². The topological polar surface area (TPSA) is 36.7 Å². The summed E-state index contributed by atoms with van der Waals surface area (Å²) in [6.07, 6.45) is 3.00. The van der Waals surface area contributed by atoms with Gasteiger partial charge in [-0.3, -0.25) is 9.69 Å². The minimum atomic E-state index is 0.292. The molecule has 2 atom stereocenters. The van der Waals surface area contributed by atoms with Crippen LogP contribution in [0, 0.1) is 0 Å². The molecule has 2 aromatic rings. The molecule has 2 unspecified atom stereocenters. The van der Waals surface area contributed by atoms with Gasteiger partial charge in [-0.25, -0.2) is 0 Å². The quantitative estimate of drug-likeness (QED) is 0.874. The number of piperazine rings is 1. The standard InChI is InChI=1S/C18H22N2O2/c1-2-18(21)19-10-14-7-8-15(11-19)20(14)12-16-9-13-5-3-4-6-17(13)22-16/h3-6,9,14-15H,2,7-8,10-12H2,1H3. The number of hydrogen-bond acceptors (Lipinski definition) is 3. The van der Waals surface area contributed by atoms with Crippen LogP contribution >= 0.6 is 0 Å². The van der Waals surface area contributed by atoms with Crippen molar-refractivity contribution in [3.63, 3.8) is 0 Å². The summed E-state index contributed by atoms with van der Waals surface area (Å²) in [5, 5.41) is 1.17. The van der Waals surface area contributed by atoms with E-state index in [4.69, 9.17) is 4.42 Å². The molecule has 0 spiro atoms. The van der Waals surface area contributed by atoms with E-state index < -0.39 is 0 Å². The molecule has 1 amide bonds. The van der Waals surface area contributed by atoms with Crippen molar-refractivity contribution in [3.8, 4) is 0 Å². The van der Waals surface area contributed by atoms with Gasteiger partial charge in [0.15, 0.2) is 0 Å². The van der Waals surface area contributed by atoms with Crippen molar-refractivity contribution in [2.24, 2.45) is 0 Å². The van der Waals surface area contributed by atoms with Crippen LogP contribution in [0.25, 0.3) is 11.0 Å². The van der Waals surface area contributed by atoms with E-state index in [1.165, 1.54) is 18.2 Å². The van der Waals surface area contributed by atoms with Gasteiger partial charge in [-0.2, -0.15) is 0 Å². The summed E-state index contributed by atoms with van der Waals surface area (Å²) in [6, 6.07) is 11.3. The van der Waals surface area contributed by atoms with Crippen LogP contribution in [0.1, 0.15) is 31.9 Å². The zero-order valence-electron chi connectivity index (χ0n) is 13.0. The van der Waals surface area contributed by atoms with Gasteiger partial charge in [0.25, 0.3) is 0 Å². The minimum Gasteiger partial charge on any atom is -0.460 e. The fraction of sp³-hybridized carbons (Fsp3) is 0.500. The summed E-state index contributed by atoms with van der Waals surface area (Å²) in [5.74, 6) is 1.33. The number of furan rings is 1. The van der Waals surface area contributed by atoms with Crippen molar-refractivity contribution in [3.05, 3.63) is 36.1 Å². The molecule has 1 aromatic heterocycles. The maximum atomic E-state index is 12.0. The van der Waals surface area contributed by atoms with Gasteiger partial charge in [0, 0.05) is 37.0 Å². The molecule has 3 heterocycles. The second-order valence-corrected chi connectivity index (χ2v) is 6.46. The monoisotopic (exact) mass is 298 g/mol. The zero-order chi connectivity index (χ0) is 15.1. The number of amides is 1. The van der Waals surface area contributed by atoms with Crippen molar-refractivity contribution < 1.29 is 9.21 Å². The fourth-order valence-corrected chi connectivity index (χ4v) is 3.97. The summed E-state index contributed by atoms with van der Waals surface area (Å²) in [5.41, 5.74) is 0.963. The van der Waals surface area contributed by atoms with Crippen molar-refractivity contribution >= 4 is 16.9 Å². The first-order valence-electron chi connectivity index (χ1n) is 8.25. The third kappa shape index (κ3) is 2.31. The maximum Gasteiger partial charge on any atom is 0.222 e. The lowest BCUT2D eigenvalue weighted by Gasteiger charge is -2.40. The molecular weight excluding hydrogens is 276 g/mol. The smallest absolute Gasteiger partial charge is 0.222 e.